The molecule has 1 fully saturated rings. The van der Waals surface area contributed by atoms with Gasteiger partial charge in [0.05, 0.1) is 0 Å². The minimum absolute atomic E-state index is 0.520. The van der Waals surface area contributed by atoms with Crippen LogP contribution in [0.15, 0.2) is 42.5 Å². The van der Waals surface area contributed by atoms with Gasteiger partial charge in [-0.1, -0.05) is 62.1 Å². The molecule has 2 aromatic rings. The van der Waals surface area contributed by atoms with Gasteiger partial charge in [-0.3, -0.25) is 9.59 Å². The first-order valence-electron chi connectivity index (χ1n) is 10.4. The van der Waals surface area contributed by atoms with Crippen LogP contribution in [0.25, 0.3) is 10.8 Å². The molecule has 0 aliphatic heterocycles. The zero-order chi connectivity index (χ0) is 21.5. The quantitative estimate of drug-likeness (QED) is 0.433. The van der Waals surface area contributed by atoms with Crippen molar-refractivity contribution in [1.29, 1.82) is 0 Å². The highest BCUT2D eigenvalue weighted by molar-refractivity contribution is 5.88. The van der Waals surface area contributed by atoms with E-state index >= 15 is 0 Å². The summed E-state index contributed by atoms with van der Waals surface area (Å²) in [7, 11) is 0. The van der Waals surface area contributed by atoms with Gasteiger partial charge in [0.15, 0.2) is 0 Å². The molecule has 0 unspecified atom stereocenters. The summed E-state index contributed by atoms with van der Waals surface area (Å²) in [6.45, 7) is 0.604. The molecule has 2 aromatic carbocycles. The fraction of sp³-hybridized carbons (Fsp3) is 0.478. The Morgan fingerprint density at radius 2 is 1.72 bits per heavy atom. The van der Waals surface area contributed by atoms with Crippen molar-refractivity contribution >= 4 is 23.0 Å². The van der Waals surface area contributed by atoms with E-state index in [1.54, 1.807) is 0 Å². The van der Waals surface area contributed by atoms with Gasteiger partial charge in [0, 0.05) is 11.6 Å². The number of aldehydes is 1. The molecule has 7 N–H and O–H groups in total. The van der Waals surface area contributed by atoms with Gasteiger partial charge in [-0.15, -0.1) is 0 Å². The largest absolute Gasteiger partial charge is 0.480 e. The Morgan fingerprint density at radius 3 is 2.24 bits per heavy atom. The topological polar surface area (TPSA) is 132 Å². The Kier molecular flexibility index (Phi) is 12.5. The molecular weight excluding hydrogens is 366 g/mol. The molecule has 0 radical (unpaired) electrons. The van der Waals surface area contributed by atoms with E-state index in [2.05, 4.69) is 0 Å². The summed E-state index contributed by atoms with van der Waals surface area (Å²) < 4.78 is 0. The molecule has 1 aliphatic carbocycles. The lowest BCUT2D eigenvalue weighted by atomic mass is 9.97. The van der Waals surface area contributed by atoms with Crippen molar-refractivity contribution in [3.63, 3.8) is 0 Å². The van der Waals surface area contributed by atoms with Gasteiger partial charge in [0.2, 0.25) is 0 Å². The van der Waals surface area contributed by atoms with Crippen molar-refractivity contribution in [3.05, 3.63) is 48.0 Å². The number of aliphatic carboxylic acids is 1. The predicted octanol–water partition coefficient (Wildman–Crippen LogP) is 3.46. The molecular formula is C23H35N3O3. The Labute approximate surface area is 173 Å². The molecule has 0 spiro atoms. The lowest BCUT2D eigenvalue weighted by molar-refractivity contribution is -0.138. The van der Waals surface area contributed by atoms with Crippen LogP contribution in [0.5, 0.6) is 0 Å². The van der Waals surface area contributed by atoms with E-state index in [4.69, 9.17) is 22.3 Å². The number of unbranched alkanes of at least 4 members (excludes halogenated alkanes) is 1. The Hall–Kier alpha value is -2.28. The molecule has 29 heavy (non-hydrogen) atoms. The normalized spacial score (nSPS) is 14.7. The van der Waals surface area contributed by atoms with Crippen LogP contribution in [0.2, 0.25) is 0 Å². The van der Waals surface area contributed by atoms with Crippen molar-refractivity contribution < 1.29 is 14.7 Å². The number of carbonyl (C=O) groups excluding carboxylic acids is 1. The van der Waals surface area contributed by atoms with Crippen molar-refractivity contribution in [1.82, 2.24) is 0 Å². The third-order valence-corrected chi connectivity index (χ3v) is 4.85. The van der Waals surface area contributed by atoms with Crippen LogP contribution in [0.1, 0.15) is 61.7 Å². The van der Waals surface area contributed by atoms with Crippen LogP contribution in [0, 0.1) is 0 Å². The number of carbonyl (C=O) groups is 2. The standard InChI is InChI=1S/C11H8O.C6H14N2O2.C6H13N/c12-8-9-5-6-10-3-1-2-4-11(10)7-9;7-4-2-1-3-5(8)6(9)10;7-6-4-2-1-3-5-6/h1-8H;5H,1-4,7-8H2,(H,9,10);6H,1-5,7H2/t;5-;/m.0./s1. The van der Waals surface area contributed by atoms with E-state index < -0.39 is 12.0 Å². The van der Waals surface area contributed by atoms with Crippen molar-refractivity contribution in [2.24, 2.45) is 17.2 Å². The summed E-state index contributed by atoms with van der Waals surface area (Å²) in [6.07, 6.45) is 9.69. The number of carboxylic acid groups (broad SMARTS) is 1. The van der Waals surface area contributed by atoms with E-state index in [0.29, 0.717) is 19.0 Å². The van der Waals surface area contributed by atoms with Crippen LogP contribution in [0.3, 0.4) is 0 Å². The minimum Gasteiger partial charge on any atom is -0.480 e. The Balaban J connectivity index is 0.000000226. The zero-order valence-corrected chi connectivity index (χ0v) is 17.1. The SMILES string of the molecule is NC1CCCCC1.NCCCC[C@H](N)C(=O)O.O=Cc1ccc2ccccc2c1. The van der Waals surface area contributed by atoms with E-state index in [1.807, 2.05) is 42.5 Å². The predicted molar refractivity (Wildman–Crippen MR) is 119 cm³/mol. The second-order valence-electron chi connectivity index (χ2n) is 7.35. The summed E-state index contributed by atoms with van der Waals surface area (Å²) in [5.41, 5.74) is 16.8. The van der Waals surface area contributed by atoms with Gasteiger partial charge < -0.3 is 22.3 Å². The molecule has 1 saturated carbocycles. The number of fused-ring (bicyclic) bond motifs is 1. The van der Waals surface area contributed by atoms with Crippen LogP contribution >= 0.6 is 0 Å². The Bertz CT molecular complexity index is 730. The fourth-order valence-electron chi connectivity index (χ4n) is 3.05. The molecule has 160 valence electrons. The van der Waals surface area contributed by atoms with Gasteiger partial charge in [-0.05, 0) is 49.1 Å². The summed E-state index contributed by atoms with van der Waals surface area (Å²) in [4.78, 5) is 20.6. The highest BCUT2D eigenvalue weighted by atomic mass is 16.4. The van der Waals surface area contributed by atoms with E-state index in [1.165, 1.54) is 37.5 Å². The highest BCUT2D eigenvalue weighted by Gasteiger charge is 2.09. The second-order valence-corrected chi connectivity index (χ2v) is 7.35. The molecule has 0 bridgehead atoms. The lowest BCUT2D eigenvalue weighted by Crippen LogP contribution is -2.29. The fourth-order valence-corrected chi connectivity index (χ4v) is 3.05. The molecule has 6 nitrogen and oxygen atoms in total. The van der Waals surface area contributed by atoms with Crippen molar-refractivity contribution in [2.75, 3.05) is 6.54 Å². The van der Waals surface area contributed by atoms with Gasteiger partial charge in [-0.25, -0.2) is 0 Å². The number of benzene rings is 2. The Morgan fingerprint density at radius 1 is 1.07 bits per heavy atom. The molecule has 0 saturated heterocycles. The number of hydrogen-bond donors (Lipinski definition) is 4. The second kappa shape index (κ2) is 14.7. The molecule has 0 heterocycles. The molecule has 0 aromatic heterocycles. The highest BCUT2D eigenvalue weighted by Crippen LogP contribution is 2.15. The molecule has 0 amide bonds. The summed E-state index contributed by atoms with van der Waals surface area (Å²) in [5, 5.41) is 10.6. The van der Waals surface area contributed by atoms with E-state index in [9.17, 15) is 9.59 Å². The van der Waals surface area contributed by atoms with Crippen LogP contribution in [-0.2, 0) is 4.79 Å². The maximum Gasteiger partial charge on any atom is 0.320 e. The summed E-state index contributed by atoms with van der Waals surface area (Å²) in [6, 6.07) is 13.5. The van der Waals surface area contributed by atoms with Gasteiger partial charge >= 0.3 is 5.97 Å². The van der Waals surface area contributed by atoms with E-state index in [0.717, 1.165) is 30.1 Å². The minimum atomic E-state index is -0.933. The average Bonchev–Trinajstić information content (AvgIpc) is 2.75. The van der Waals surface area contributed by atoms with Crippen LogP contribution in [0.4, 0.5) is 0 Å². The van der Waals surface area contributed by atoms with Crippen LogP contribution < -0.4 is 17.2 Å². The summed E-state index contributed by atoms with van der Waals surface area (Å²) in [5.74, 6) is -0.933. The van der Waals surface area contributed by atoms with Gasteiger partial charge in [-0.2, -0.15) is 0 Å². The third-order valence-electron chi connectivity index (χ3n) is 4.85. The molecule has 1 aliphatic rings. The molecule has 3 rings (SSSR count). The zero-order valence-electron chi connectivity index (χ0n) is 17.1. The maximum atomic E-state index is 10.5. The first-order valence-corrected chi connectivity index (χ1v) is 10.4. The molecule has 1 atom stereocenters. The first kappa shape index (κ1) is 24.8. The van der Waals surface area contributed by atoms with Gasteiger partial charge in [0.1, 0.15) is 12.3 Å². The third kappa shape index (κ3) is 10.7. The number of nitrogens with two attached hydrogens (primary N) is 3. The monoisotopic (exact) mass is 401 g/mol. The maximum absolute atomic E-state index is 10.5. The van der Waals surface area contributed by atoms with Crippen LogP contribution in [-0.4, -0.2) is 36.0 Å². The number of carboxylic acids is 1. The average molecular weight is 402 g/mol. The van der Waals surface area contributed by atoms with E-state index in [-0.39, 0.29) is 0 Å². The van der Waals surface area contributed by atoms with Gasteiger partial charge in [0.25, 0.3) is 0 Å². The van der Waals surface area contributed by atoms with Crippen molar-refractivity contribution in [2.45, 2.75) is 63.5 Å². The lowest BCUT2D eigenvalue weighted by Gasteiger charge is -2.15. The molecule has 6 heteroatoms. The number of rotatable bonds is 6. The first-order chi connectivity index (χ1) is 14.0. The van der Waals surface area contributed by atoms with Crippen molar-refractivity contribution in [3.8, 4) is 0 Å². The smallest absolute Gasteiger partial charge is 0.320 e. The number of hydrogen-bond acceptors (Lipinski definition) is 5. The summed E-state index contributed by atoms with van der Waals surface area (Å²) >= 11 is 0.